The van der Waals surface area contributed by atoms with Crippen LogP contribution in [0.25, 0.3) is 0 Å². The molecule has 1 aliphatic rings. The van der Waals surface area contributed by atoms with E-state index in [1.807, 2.05) is 0 Å². The van der Waals surface area contributed by atoms with E-state index in [0.29, 0.717) is 15.6 Å². The molecule has 0 saturated carbocycles. The van der Waals surface area contributed by atoms with Gasteiger partial charge < -0.3 is 26.0 Å². The van der Waals surface area contributed by atoms with Crippen LogP contribution in [0.15, 0.2) is 18.2 Å². The highest BCUT2D eigenvalue weighted by Crippen LogP contribution is 2.24. The first-order chi connectivity index (χ1) is 10.4. The minimum atomic E-state index is -1.06. The van der Waals surface area contributed by atoms with Gasteiger partial charge in [-0.1, -0.05) is 29.3 Å². The van der Waals surface area contributed by atoms with Gasteiger partial charge in [-0.3, -0.25) is 4.79 Å². The molecule has 1 saturated heterocycles. The number of hydrogen-bond acceptors (Lipinski definition) is 5. The highest BCUT2D eigenvalue weighted by Gasteiger charge is 2.40. The summed E-state index contributed by atoms with van der Waals surface area (Å²) in [6.07, 6.45) is -2.10. The second kappa shape index (κ2) is 7.59. The fraction of sp³-hybridized carbons (Fsp3) is 0.500. The third-order valence-corrected chi connectivity index (χ3v) is 4.43. The van der Waals surface area contributed by atoms with E-state index in [2.05, 4.69) is 10.6 Å². The van der Waals surface area contributed by atoms with E-state index >= 15 is 0 Å². The monoisotopic (exact) mass is 348 g/mol. The zero-order valence-corrected chi connectivity index (χ0v) is 13.2. The van der Waals surface area contributed by atoms with Crippen molar-refractivity contribution >= 4 is 29.1 Å². The normalized spacial score (nSPS) is 27.9. The average Bonchev–Trinajstić information content (AvgIpc) is 2.76. The van der Waals surface area contributed by atoms with E-state index in [0.717, 1.165) is 0 Å². The van der Waals surface area contributed by atoms with Crippen LogP contribution >= 0.6 is 23.2 Å². The quantitative estimate of drug-likeness (QED) is 0.503. The second-order valence-corrected chi connectivity index (χ2v) is 6.04. The molecule has 4 atom stereocenters. The first-order valence-electron chi connectivity index (χ1n) is 6.86. The van der Waals surface area contributed by atoms with Crippen molar-refractivity contribution in [1.82, 2.24) is 10.6 Å². The van der Waals surface area contributed by atoms with E-state index in [1.165, 1.54) is 0 Å². The van der Waals surface area contributed by atoms with Crippen molar-refractivity contribution in [3.8, 4) is 0 Å². The smallest absolute Gasteiger partial charge is 0.224 e. The summed E-state index contributed by atoms with van der Waals surface area (Å²) in [5.41, 5.74) is 0.538. The zero-order valence-electron chi connectivity index (χ0n) is 11.7. The molecule has 8 heteroatoms. The van der Waals surface area contributed by atoms with Gasteiger partial charge in [-0.15, -0.1) is 0 Å². The Morgan fingerprint density at radius 2 is 1.77 bits per heavy atom. The molecule has 0 radical (unpaired) electrons. The SMILES string of the molecule is O=C(Cc1c(Cl)cccc1Cl)NC[C@H]1N[C@H](CO)[C@@H](O)[C@@H]1O. The van der Waals surface area contributed by atoms with Crippen molar-refractivity contribution in [1.29, 1.82) is 0 Å². The summed E-state index contributed by atoms with van der Waals surface area (Å²) in [6, 6.07) is 3.87. The van der Waals surface area contributed by atoms with E-state index in [1.54, 1.807) is 18.2 Å². The van der Waals surface area contributed by atoms with Crippen molar-refractivity contribution in [2.75, 3.05) is 13.2 Å². The van der Waals surface area contributed by atoms with Crippen LogP contribution in [0, 0.1) is 0 Å². The van der Waals surface area contributed by atoms with Crippen LogP contribution in [-0.2, 0) is 11.2 Å². The Balaban J connectivity index is 1.89. The number of rotatable bonds is 5. The van der Waals surface area contributed by atoms with E-state index < -0.39 is 24.3 Å². The highest BCUT2D eigenvalue weighted by molar-refractivity contribution is 6.36. The topological polar surface area (TPSA) is 102 Å². The van der Waals surface area contributed by atoms with Crippen LogP contribution in [-0.4, -0.2) is 58.7 Å². The van der Waals surface area contributed by atoms with Crippen LogP contribution < -0.4 is 10.6 Å². The maximum absolute atomic E-state index is 12.0. The lowest BCUT2D eigenvalue weighted by Gasteiger charge is -2.16. The lowest BCUT2D eigenvalue weighted by Crippen LogP contribution is -2.44. The summed E-state index contributed by atoms with van der Waals surface area (Å²) in [5.74, 6) is -0.300. The largest absolute Gasteiger partial charge is 0.395 e. The molecule has 1 fully saturated rings. The van der Waals surface area contributed by atoms with Crippen LogP contribution in [0.2, 0.25) is 10.0 Å². The lowest BCUT2D eigenvalue weighted by atomic mass is 10.1. The maximum atomic E-state index is 12.0. The summed E-state index contributed by atoms with van der Waals surface area (Å²) >= 11 is 12.0. The zero-order chi connectivity index (χ0) is 16.3. The highest BCUT2D eigenvalue weighted by atomic mass is 35.5. The molecule has 1 aliphatic heterocycles. The second-order valence-electron chi connectivity index (χ2n) is 5.22. The van der Waals surface area contributed by atoms with E-state index in [9.17, 15) is 15.0 Å². The van der Waals surface area contributed by atoms with E-state index in [4.69, 9.17) is 28.3 Å². The Bertz CT molecular complexity index is 523. The third-order valence-electron chi connectivity index (χ3n) is 3.72. The number of carbonyl (C=O) groups is 1. The van der Waals surface area contributed by atoms with Crippen LogP contribution in [0.4, 0.5) is 0 Å². The summed E-state index contributed by atoms with van der Waals surface area (Å²) in [5, 5.41) is 34.9. The lowest BCUT2D eigenvalue weighted by molar-refractivity contribution is -0.120. The number of benzene rings is 1. The third kappa shape index (κ3) is 3.90. The first-order valence-corrected chi connectivity index (χ1v) is 7.62. The molecule has 1 heterocycles. The van der Waals surface area contributed by atoms with Gasteiger partial charge in [0.15, 0.2) is 0 Å². The van der Waals surface area contributed by atoms with Gasteiger partial charge in [0.1, 0.15) is 0 Å². The average molecular weight is 349 g/mol. The van der Waals surface area contributed by atoms with Gasteiger partial charge in [-0.2, -0.15) is 0 Å². The molecule has 5 N–H and O–H groups in total. The summed E-state index contributed by atoms with van der Waals surface area (Å²) in [4.78, 5) is 12.0. The van der Waals surface area contributed by atoms with Gasteiger partial charge in [-0.25, -0.2) is 0 Å². The number of aliphatic hydroxyl groups excluding tert-OH is 3. The maximum Gasteiger partial charge on any atom is 0.224 e. The minimum absolute atomic E-state index is 0.0211. The van der Waals surface area contributed by atoms with Gasteiger partial charge >= 0.3 is 0 Å². The standard InChI is InChI=1S/C14H18Cl2N2O4/c15-8-2-1-3-9(16)7(8)4-12(20)17-5-10-13(21)14(22)11(6-19)18-10/h1-3,10-11,13-14,18-19,21-22H,4-6H2,(H,17,20)/t10-,11-,13-,14-/m1/s1. The van der Waals surface area contributed by atoms with E-state index in [-0.39, 0.29) is 25.5 Å². The first kappa shape index (κ1) is 17.5. The van der Waals surface area contributed by atoms with Crippen molar-refractivity contribution in [3.63, 3.8) is 0 Å². The van der Waals surface area contributed by atoms with Gasteiger partial charge in [0.05, 0.1) is 37.3 Å². The molecule has 0 spiro atoms. The predicted octanol–water partition coefficient (Wildman–Crippen LogP) is -0.293. The molecule has 2 rings (SSSR count). The minimum Gasteiger partial charge on any atom is -0.395 e. The Morgan fingerprint density at radius 3 is 2.32 bits per heavy atom. The molecule has 1 aromatic rings. The number of amides is 1. The Hall–Kier alpha value is -0.890. The number of aliphatic hydroxyl groups is 3. The van der Waals surface area contributed by atoms with Crippen molar-refractivity contribution in [3.05, 3.63) is 33.8 Å². The van der Waals surface area contributed by atoms with Crippen molar-refractivity contribution < 1.29 is 20.1 Å². The molecule has 0 unspecified atom stereocenters. The summed E-state index contributed by atoms with van der Waals surface area (Å²) in [7, 11) is 0. The predicted molar refractivity (Wildman–Crippen MR) is 83.0 cm³/mol. The molecule has 6 nitrogen and oxygen atoms in total. The summed E-state index contributed by atoms with van der Waals surface area (Å²) < 4.78 is 0. The molecule has 0 bridgehead atoms. The molecule has 1 amide bonds. The molecule has 0 aromatic heterocycles. The molecule has 1 aromatic carbocycles. The van der Waals surface area contributed by atoms with Gasteiger partial charge in [-0.05, 0) is 17.7 Å². The number of hydrogen-bond donors (Lipinski definition) is 5. The summed E-state index contributed by atoms with van der Waals surface area (Å²) in [6.45, 7) is -0.173. The van der Waals surface area contributed by atoms with Gasteiger partial charge in [0.25, 0.3) is 0 Å². The van der Waals surface area contributed by atoms with Gasteiger partial charge in [0, 0.05) is 16.6 Å². The Morgan fingerprint density at radius 1 is 1.18 bits per heavy atom. The fourth-order valence-corrected chi connectivity index (χ4v) is 2.97. The van der Waals surface area contributed by atoms with Crippen LogP contribution in [0.1, 0.15) is 5.56 Å². The molecular weight excluding hydrogens is 331 g/mol. The van der Waals surface area contributed by atoms with Crippen LogP contribution in [0.5, 0.6) is 0 Å². The molecule has 0 aliphatic carbocycles. The number of carbonyl (C=O) groups excluding carboxylic acids is 1. The fourth-order valence-electron chi connectivity index (χ4n) is 2.44. The Kier molecular flexibility index (Phi) is 6.02. The molecule has 22 heavy (non-hydrogen) atoms. The Labute approximate surface area is 138 Å². The number of nitrogens with one attached hydrogen (secondary N) is 2. The van der Waals surface area contributed by atoms with Crippen LogP contribution in [0.3, 0.4) is 0 Å². The molecule has 122 valence electrons. The van der Waals surface area contributed by atoms with Crippen molar-refractivity contribution in [2.24, 2.45) is 0 Å². The van der Waals surface area contributed by atoms with Gasteiger partial charge in [0.2, 0.25) is 5.91 Å². The number of halogens is 2. The molecular formula is C14H18Cl2N2O4. The van der Waals surface area contributed by atoms with Crippen molar-refractivity contribution in [2.45, 2.75) is 30.7 Å².